The van der Waals surface area contributed by atoms with Gasteiger partial charge in [0.05, 0.1) is 6.10 Å². The molecule has 13 heavy (non-hydrogen) atoms. The van der Waals surface area contributed by atoms with Crippen molar-refractivity contribution in [1.82, 2.24) is 4.90 Å². The van der Waals surface area contributed by atoms with E-state index in [2.05, 4.69) is 18.9 Å². The fraction of sp³-hybridized carbons (Fsp3) is 1.00. The van der Waals surface area contributed by atoms with E-state index in [1.165, 1.54) is 32.1 Å². The summed E-state index contributed by atoms with van der Waals surface area (Å²) in [5, 5.41) is 9.80. The molecule has 1 N–H and O–H groups in total. The Morgan fingerprint density at radius 3 is 2.77 bits per heavy atom. The Balaban J connectivity index is 2.18. The van der Waals surface area contributed by atoms with Crippen molar-refractivity contribution in [3.63, 3.8) is 0 Å². The second-order valence-corrected chi connectivity index (χ2v) is 4.37. The van der Waals surface area contributed by atoms with Crippen molar-refractivity contribution in [2.24, 2.45) is 5.92 Å². The monoisotopic (exact) mass is 185 g/mol. The van der Waals surface area contributed by atoms with Crippen LogP contribution in [0, 0.1) is 5.92 Å². The van der Waals surface area contributed by atoms with E-state index in [-0.39, 0.29) is 6.10 Å². The first-order valence-corrected chi connectivity index (χ1v) is 5.60. The summed E-state index contributed by atoms with van der Waals surface area (Å²) in [4.78, 5) is 2.22. The minimum atomic E-state index is -0.0735. The minimum Gasteiger partial charge on any atom is -0.392 e. The summed E-state index contributed by atoms with van der Waals surface area (Å²) in [5.74, 6) is 0.572. The number of likely N-dealkylation sites (N-methyl/N-ethyl adjacent to an activating group) is 1. The maximum absolute atomic E-state index is 9.80. The first-order valence-electron chi connectivity index (χ1n) is 5.60. The van der Waals surface area contributed by atoms with Crippen molar-refractivity contribution < 1.29 is 5.11 Å². The molecule has 2 unspecified atom stereocenters. The van der Waals surface area contributed by atoms with Gasteiger partial charge in [-0.15, -0.1) is 0 Å². The third kappa shape index (κ3) is 3.65. The van der Waals surface area contributed by atoms with Gasteiger partial charge in [-0.2, -0.15) is 0 Å². The molecule has 0 aromatic heterocycles. The Bertz CT molecular complexity index is 138. The average Bonchev–Trinajstić information content (AvgIpc) is 2.09. The summed E-state index contributed by atoms with van der Waals surface area (Å²) < 4.78 is 0. The number of nitrogens with zero attached hydrogens (tertiary/aromatic N) is 1. The molecule has 0 saturated carbocycles. The van der Waals surface area contributed by atoms with Crippen LogP contribution in [0.1, 0.15) is 39.0 Å². The summed E-state index contributed by atoms with van der Waals surface area (Å²) in [6.45, 7) is 4.26. The molecule has 0 radical (unpaired) electrons. The Morgan fingerprint density at radius 2 is 2.15 bits per heavy atom. The number of unbranched alkanes of at least 4 members (excludes halogenated alkanes) is 2. The fourth-order valence-corrected chi connectivity index (χ4v) is 2.13. The zero-order valence-corrected chi connectivity index (χ0v) is 9.00. The molecule has 1 aliphatic heterocycles. The summed E-state index contributed by atoms with van der Waals surface area (Å²) in [6.07, 6.45) is 6.23. The van der Waals surface area contributed by atoms with Crippen LogP contribution >= 0.6 is 0 Å². The number of aliphatic hydroxyl groups is 1. The van der Waals surface area contributed by atoms with Gasteiger partial charge in [-0.05, 0) is 32.4 Å². The lowest BCUT2D eigenvalue weighted by molar-refractivity contribution is 0.0278. The SMILES string of the molecule is CCCCCC1CCN(C)CC1O. The summed E-state index contributed by atoms with van der Waals surface area (Å²) in [5.41, 5.74) is 0. The maximum Gasteiger partial charge on any atom is 0.0695 e. The molecule has 0 spiro atoms. The van der Waals surface area contributed by atoms with Crippen molar-refractivity contribution >= 4 is 0 Å². The number of rotatable bonds is 4. The third-order valence-electron chi connectivity index (χ3n) is 3.10. The molecule has 1 rings (SSSR count). The predicted molar refractivity (Wildman–Crippen MR) is 55.8 cm³/mol. The third-order valence-corrected chi connectivity index (χ3v) is 3.10. The van der Waals surface area contributed by atoms with E-state index in [0.29, 0.717) is 5.92 Å². The topological polar surface area (TPSA) is 23.5 Å². The van der Waals surface area contributed by atoms with Gasteiger partial charge >= 0.3 is 0 Å². The minimum absolute atomic E-state index is 0.0735. The second-order valence-electron chi connectivity index (χ2n) is 4.37. The van der Waals surface area contributed by atoms with Crippen molar-refractivity contribution in [1.29, 1.82) is 0 Å². The highest BCUT2D eigenvalue weighted by Crippen LogP contribution is 2.22. The van der Waals surface area contributed by atoms with Crippen LogP contribution in [0.2, 0.25) is 0 Å². The normalized spacial score (nSPS) is 30.7. The first kappa shape index (κ1) is 11.0. The highest BCUT2D eigenvalue weighted by molar-refractivity contribution is 4.78. The van der Waals surface area contributed by atoms with E-state index >= 15 is 0 Å². The zero-order chi connectivity index (χ0) is 9.68. The van der Waals surface area contributed by atoms with Gasteiger partial charge in [-0.3, -0.25) is 0 Å². The van der Waals surface area contributed by atoms with Gasteiger partial charge < -0.3 is 10.0 Å². The van der Waals surface area contributed by atoms with E-state index in [0.717, 1.165) is 13.1 Å². The van der Waals surface area contributed by atoms with Crippen LogP contribution in [0.4, 0.5) is 0 Å². The second kappa shape index (κ2) is 5.61. The molecular weight excluding hydrogens is 162 g/mol. The summed E-state index contributed by atoms with van der Waals surface area (Å²) in [7, 11) is 2.09. The summed E-state index contributed by atoms with van der Waals surface area (Å²) in [6, 6.07) is 0. The molecule has 78 valence electrons. The van der Waals surface area contributed by atoms with E-state index in [9.17, 15) is 5.11 Å². The number of β-amino-alcohol motifs (C(OH)–C–C–N with tert-alkyl or cyclic N) is 1. The standard InChI is InChI=1S/C11H23NO/c1-3-4-5-6-10-7-8-12(2)9-11(10)13/h10-11,13H,3-9H2,1-2H3. The maximum atomic E-state index is 9.80. The van der Waals surface area contributed by atoms with Crippen LogP contribution in [0.15, 0.2) is 0 Å². The van der Waals surface area contributed by atoms with Crippen LogP contribution < -0.4 is 0 Å². The molecule has 2 heteroatoms. The Labute approximate surface area is 81.9 Å². The number of piperidine rings is 1. The van der Waals surface area contributed by atoms with Gasteiger partial charge in [-0.1, -0.05) is 26.2 Å². The van der Waals surface area contributed by atoms with Crippen LogP contribution in [-0.2, 0) is 0 Å². The molecule has 1 saturated heterocycles. The Hall–Kier alpha value is -0.0800. The highest BCUT2D eigenvalue weighted by atomic mass is 16.3. The molecule has 0 aromatic rings. The van der Waals surface area contributed by atoms with Crippen LogP contribution in [0.25, 0.3) is 0 Å². The highest BCUT2D eigenvalue weighted by Gasteiger charge is 2.24. The number of likely N-dealkylation sites (tertiary alicyclic amines) is 1. The van der Waals surface area contributed by atoms with Crippen LogP contribution in [-0.4, -0.2) is 36.2 Å². The lowest BCUT2D eigenvalue weighted by Crippen LogP contribution is -2.41. The quantitative estimate of drug-likeness (QED) is 0.676. The molecule has 2 nitrogen and oxygen atoms in total. The summed E-state index contributed by atoms with van der Waals surface area (Å²) >= 11 is 0. The number of hydrogen-bond acceptors (Lipinski definition) is 2. The van der Waals surface area contributed by atoms with E-state index < -0.39 is 0 Å². The van der Waals surface area contributed by atoms with E-state index in [4.69, 9.17) is 0 Å². The van der Waals surface area contributed by atoms with Crippen molar-refractivity contribution in [2.75, 3.05) is 20.1 Å². The van der Waals surface area contributed by atoms with Gasteiger partial charge in [0.15, 0.2) is 0 Å². The van der Waals surface area contributed by atoms with E-state index in [1.807, 2.05) is 0 Å². The molecule has 0 bridgehead atoms. The van der Waals surface area contributed by atoms with Crippen molar-refractivity contribution in [3.05, 3.63) is 0 Å². The van der Waals surface area contributed by atoms with Crippen LogP contribution in [0.3, 0.4) is 0 Å². The lowest BCUT2D eigenvalue weighted by atomic mass is 9.89. The Morgan fingerprint density at radius 1 is 1.38 bits per heavy atom. The average molecular weight is 185 g/mol. The lowest BCUT2D eigenvalue weighted by Gasteiger charge is -2.33. The smallest absolute Gasteiger partial charge is 0.0695 e. The molecule has 2 atom stereocenters. The Kier molecular flexibility index (Phi) is 4.74. The van der Waals surface area contributed by atoms with E-state index in [1.54, 1.807) is 0 Å². The van der Waals surface area contributed by atoms with Crippen molar-refractivity contribution in [2.45, 2.75) is 45.1 Å². The van der Waals surface area contributed by atoms with Gasteiger partial charge in [0.2, 0.25) is 0 Å². The van der Waals surface area contributed by atoms with Crippen molar-refractivity contribution in [3.8, 4) is 0 Å². The van der Waals surface area contributed by atoms with Gasteiger partial charge in [0, 0.05) is 6.54 Å². The molecule has 0 aromatic carbocycles. The molecule has 1 fully saturated rings. The number of hydrogen-bond donors (Lipinski definition) is 1. The van der Waals surface area contributed by atoms with Gasteiger partial charge in [-0.25, -0.2) is 0 Å². The molecule has 0 aliphatic carbocycles. The first-order chi connectivity index (χ1) is 6.24. The zero-order valence-electron chi connectivity index (χ0n) is 9.00. The number of aliphatic hydroxyl groups excluding tert-OH is 1. The molecule has 1 aliphatic rings. The largest absolute Gasteiger partial charge is 0.392 e. The fourth-order valence-electron chi connectivity index (χ4n) is 2.13. The van der Waals surface area contributed by atoms with Crippen LogP contribution in [0.5, 0.6) is 0 Å². The molecule has 0 amide bonds. The molecular formula is C11H23NO. The predicted octanol–water partition coefficient (Wildman–Crippen LogP) is 1.88. The van der Waals surface area contributed by atoms with Gasteiger partial charge in [0.1, 0.15) is 0 Å². The molecule has 1 heterocycles. The van der Waals surface area contributed by atoms with Gasteiger partial charge in [0.25, 0.3) is 0 Å².